The summed E-state index contributed by atoms with van der Waals surface area (Å²) in [5, 5.41) is 7.13. The molecule has 4 nitrogen and oxygen atoms in total. The standard InChI is InChI=1S/C17H21N3O/c1-13-15(10-18-19-13)11-20-8-6-17(7-9-20)16-5-3-2-4-14(16)12-21-17/h2-5,10H,6-9,11-12H2,1H3,(H,18,19). The Bertz CT molecular complexity index is 641. The molecule has 1 N–H and O–H groups in total. The smallest absolute Gasteiger partial charge is 0.0963 e. The minimum Gasteiger partial charge on any atom is -0.365 e. The largest absolute Gasteiger partial charge is 0.365 e. The first kappa shape index (κ1) is 13.0. The highest BCUT2D eigenvalue weighted by molar-refractivity contribution is 5.35. The van der Waals surface area contributed by atoms with Crippen LogP contribution in [-0.4, -0.2) is 28.2 Å². The molecule has 0 aliphatic carbocycles. The number of nitrogens with one attached hydrogen (secondary N) is 1. The predicted octanol–water partition coefficient (Wildman–Crippen LogP) is 2.74. The van der Waals surface area contributed by atoms with E-state index in [1.54, 1.807) is 0 Å². The van der Waals surface area contributed by atoms with Gasteiger partial charge < -0.3 is 4.74 Å². The lowest BCUT2D eigenvalue weighted by atomic mass is 9.84. The van der Waals surface area contributed by atoms with Gasteiger partial charge in [0.05, 0.1) is 18.4 Å². The molecule has 3 heterocycles. The van der Waals surface area contributed by atoms with Gasteiger partial charge >= 0.3 is 0 Å². The van der Waals surface area contributed by atoms with Gasteiger partial charge in [0.1, 0.15) is 0 Å². The average Bonchev–Trinajstić information content (AvgIpc) is 3.08. The summed E-state index contributed by atoms with van der Waals surface area (Å²) in [5.41, 5.74) is 5.25. The van der Waals surface area contributed by atoms with Crippen LogP contribution in [0.3, 0.4) is 0 Å². The molecule has 1 fully saturated rings. The highest BCUT2D eigenvalue weighted by Crippen LogP contribution is 2.44. The van der Waals surface area contributed by atoms with Crippen LogP contribution < -0.4 is 0 Å². The molecule has 0 radical (unpaired) electrons. The van der Waals surface area contributed by atoms with Crippen molar-refractivity contribution in [2.75, 3.05) is 13.1 Å². The van der Waals surface area contributed by atoms with E-state index in [4.69, 9.17) is 4.74 Å². The van der Waals surface area contributed by atoms with E-state index in [0.29, 0.717) is 0 Å². The van der Waals surface area contributed by atoms with Crippen molar-refractivity contribution in [2.24, 2.45) is 0 Å². The first-order chi connectivity index (χ1) is 10.3. The fourth-order valence-electron chi connectivity index (χ4n) is 3.65. The van der Waals surface area contributed by atoms with Gasteiger partial charge in [-0.1, -0.05) is 24.3 Å². The van der Waals surface area contributed by atoms with Gasteiger partial charge in [0.2, 0.25) is 0 Å². The summed E-state index contributed by atoms with van der Waals surface area (Å²) in [4.78, 5) is 2.51. The number of aromatic amines is 1. The Labute approximate surface area is 125 Å². The van der Waals surface area contributed by atoms with Crippen molar-refractivity contribution < 1.29 is 4.74 Å². The van der Waals surface area contributed by atoms with Crippen LogP contribution in [0, 0.1) is 6.92 Å². The van der Waals surface area contributed by atoms with Crippen LogP contribution in [0.15, 0.2) is 30.5 Å². The number of hydrogen-bond donors (Lipinski definition) is 1. The van der Waals surface area contributed by atoms with Crippen molar-refractivity contribution in [1.29, 1.82) is 0 Å². The number of rotatable bonds is 2. The van der Waals surface area contributed by atoms with E-state index in [0.717, 1.165) is 39.1 Å². The summed E-state index contributed by atoms with van der Waals surface area (Å²) in [5.74, 6) is 0. The maximum atomic E-state index is 6.21. The number of piperidine rings is 1. The third kappa shape index (κ3) is 2.19. The first-order valence-corrected chi connectivity index (χ1v) is 7.70. The van der Waals surface area contributed by atoms with Gasteiger partial charge in [-0.05, 0) is 30.9 Å². The van der Waals surface area contributed by atoms with Crippen LogP contribution in [0.25, 0.3) is 0 Å². The predicted molar refractivity (Wildman–Crippen MR) is 80.7 cm³/mol. The Morgan fingerprint density at radius 1 is 1.29 bits per heavy atom. The van der Waals surface area contributed by atoms with Gasteiger partial charge in [-0.15, -0.1) is 0 Å². The molecule has 0 unspecified atom stereocenters. The number of ether oxygens (including phenoxy) is 1. The van der Waals surface area contributed by atoms with Crippen molar-refractivity contribution >= 4 is 0 Å². The molecule has 1 aromatic heterocycles. The number of H-pyrrole nitrogens is 1. The molecule has 1 spiro atoms. The Kier molecular flexibility index (Phi) is 3.08. The van der Waals surface area contributed by atoms with Crippen molar-refractivity contribution in [2.45, 2.75) is 38.5 Å². The summed E-state index contributed by atoms with van der Waals surface area (Å²) < 4.78 is 6.21. The van der Waals surface area contributed by atoms with Crippen LogP contribution in [-0.2, 0) is 23.5 Å². The van der Waals surface area contributed by atoms with E-state index in [2.05, 4.69) is 46.3 Å². The Hall–Kier alpha value is -1.65. The van der Waals surface area contributed by atoms with Gasteiger partial charge in [-0.2, -0.15) is 5.10 Å². The summed E-state index contributed by atoms with van der Waals surface area (Å²) in [6, 6.07) is 8.69. The molecule has 110 valence electrons. The molecule has 2 aliphatic rings. The fraction of sp³-hybridized carbons (Fsp3) is 0.471. The van der Waals surface area contributed by atoms with Crippen LogP contribution in [0.2, 0.25) is 0 Å². The zero-order valence-corrected chi connectivity index (χ0v) is 12.4. The Morgan fingerprint density at radius 3 is 2.86 bits per heavy atom. The molecule has 4 heteroatoms. The third-order valence-corrected chi connectivity index (χ3v) is 5.00. The maximum Gasteiger partial charge on any atom is 0.0963 e. The van der Waals surface area contributed by atoms with E-state index in [1.807, 2.05) is 6.20 Å². The van der Waals surface area contributed by atoms with Gasteiger partial charge in [0.15, 0.2) is 0 Å². The van der Waals surface area contributed by atoms with Crippen LogP contribution in [0.4, 0.5) is 0 Å². The van der Waals surface area contributed by atoms with Crippen molar-refractivity contribution in [1.82, 2.24) is 15.1 Å². The first-order valence-electron chi connectivity index (χ1n) is 7.70. The van der Waals surface area contributed by atoms with Crippen LogP contribution in [0.1, 0.15) is 35.2 Å². The molecule has 4 rings (SSSR count). The van der Waals surface area contributed by atoms with E-state index in [-0.39, 0.29) is 5.60 Å². The van der Waals surface area contributed by atoms with Crippen molar-refractivity contribution in [3.63, 3.8) is 0 Å². The minimum atomic E-state index is -0.0292. The van der Waals surface area contributed by atoms with Gasteiger partial charge in [-0.25, -0.2) is 0 Å². The normalized spacial score (nSPS) is 20.8. The van der Waals surface area contributed by atoms with Crippen molar-refractivity contribution in [3.8, 4) is 0 Å². The molecule has 1 saturated heterocycles. The highest BCUT2D eigenvalue weighted by Gasteiger charge is 2.42. The van der Waals surface area contributed by atoms with Crippen LogP contribution in [0.5, 0.6) is 0 Å². The minimum absolute atomic E-state index is 0.0292. The number of aryl methyl sites for hydroxylation is 1. The fourth-order valence-corrected chi connectivity index (χ4v) is 3.65. The Morgan fingerprint density at radius 2 is 2.10 bits per heavy atom. The molecule has 0 amide bonds. The number of fused-ring (bicyclic) bond motifs is 2. The van der Waals surface area contributed by atoms with Gasteiger partial charge in [0.25, 0.3) is 0 Å². The lowest BCUT2D eigenvalue weighted by Crippen LogP contribution is -2.42. The molecule has 0 atom stereocenters. The number of benzene rings is 1. The summed E-state index contributed by atoms with van der Waals surface area (Å²) in [6.07, 6.45) is 4.11. The quantitative estimate of drug-likeness (QED) is 0.921. The summed E-state index contributed by atoms with van der Waals surface area (Å²) in [6.45, 7) is 6.01. The monoisotopic (exact) mass is 283 g/mol. The SMILES string of the molecule is Cc1[nH]ncc1CN1CCC2(CC1)OCc1ccccc12. The molecule has 21 heavy (non-hydrogen) atoms. The van der Waals surface area contributed by atoms with E-state index >= 15 is 0 Å². The lowest BCUT2D eigenvalue weighted by molar-refractivity contribution is -0.0799. The van der Waals surface area contributed by atoms with Gasteiger partial charge in [-0.3, -0.25) is 10.00 Å². The van der Waals surface area contributed by atoms with Crippen LogP contribution >= 0.6 is 0 Å². The third-order valence-electron chi connectivity index (χ3n) is 5.00. The summed E-state index contributed by atoms with van der Waals surface area (Å²) >= 11 is 0. The number of likely N-dealkylation sites (tertiary alicyclic amines) is 1. The molecule has 0 bridgehead atoms. The number of nitrogens with zero attached hydrogens (tertiary/aromatic N) is 2. The van der Waals surface area contributed by atoms with E-state index in [1.165, 1.54) is 22.4 Å². The van der Waals surface area contributed by atoms with Crippen molar-refractivity contribution in [3.05, 3.63) is 52.8 Å². The van der Waals surface area contributed by atoms with E-state index in [9.17, 15) is 0 Å². The number of hydrogen-bond acceptors (Lipinski definition) is 3. The molecule has 0 saturated carbocycles. The van der Waals surface area contributed by atoms with E-state index < -0.39 is 0 Å². The second kappa shape index (κ2) is 4.97. The molecule has 1 aromatic carbocycles. The molecule has 2 aromatic rings. The Balaban J connectivity index is 1.47. The second-order valence-electron chi connectivity index (χ2n) is 6.24. The highest BCUT2D eigenvalue weighted by atomic mass is 16.5. The second-order valence-corrected chi connectivity index (χ2v) is 6.24. The zero-order valence-electron chi connectivity index (χ0n) is 12.4. The summed E-state index contributed by atoms with van der Waals surface area (Å²) in [7, 11) is 0. The average molecular weight is 283 g/mol. The van der Waals surface area contributed by atoms with Gasteiger partial charge in [0, 0.05) is 30.9 Å². The molecular formula is C17H21N3O. The zero-order chi connectivity index (χ0) is 14.3. The lowest BCUT2D eigenvalue weighted by Gasteiger charge is -2.39. The topological polar surface area (TPSA) is 41.2 Å². The number of aromatic nitrogens is 2. The molecule has 2 aliphatic heterocycles. The molecular weight excluding hydrogens is 262 g/mol. The maximum absolute atomic E-state index is 6.21.